The summed E-state index contributed by atoms with van der Waals surface area (Å²) in [6.45, 7) is 1.88. The lowest BCUT2D eigenvalue weighted by molar-refractivity contribution is 0.596. The summed E-state index contributed by atoms with van der Waals surface area (Å²) in [5, 5.41) is 7.63. The number of hydrogen-bond acceptors (Lipinski definition) is 4. The first kappa shape index (κ1) is 9.63. The zero-order valence-electron chi connectivity index (χ0n) is 6.65. The minimum atomic E-state index is -3.35. The maximum atomic E-state index is 10.6. The Hall–Kier alpha value is -0.460. The second kappa shape index (κ2) is 3.51. The summed E-state index contributed by atoms with van der Waals surface area (Å²) in [6, 6.07) is 0. The summed E-state index contributed by atoms with van der Waals surface area (Å²) < 4.78 is 21.1. The molecule has 1 aromatic rings. The molecule has 0 bridgehead atoms. The zero-order valence-corrected chi connectivity index (χ0v) is 8.28. The third-order valence-electron chi connectivity index (χ3n) is 1.31. The molecule has 0 aliphatic heterocycles. The average Bonchev–Trinajstić information content (AvgIpc) is 2.30. The van der Waals surface area contributed by atoms with Crippen LogP contribution in [0.4, 0.5) is 0 Å². The molecular weight excluding hydrogens is 196 g/mol. The van der Waals surface area contributed by atoms with Gasteiger partial charge < -0.3 is 0 Å². The third-order valence-corrected chi connectivity index (χ3v) is 2.90. The fourth-order valence-corrected chi connectivity index (χ4v) is 1.91. The van der Waals surface area contributed by atoms with Gasteiger partial charge in [0.2, 0.25) is 10.0 Å². The van der Waals surface area contributed by atoms with Gasteiger partial charge in [0.1, 0.15) is 0 Å². The molecular formula is C6H10N2O2S2. The molecule has 0 amide bonds. The normalized spacial score (nSPS) is 11.8. The second-order valence-electron chi connectivity index (χ2n) is 2.47. The first-order chi connectivity index (χ1) is 5.47. The molecule has 2 N–H and O–H groups in total. The van der Waals surface area contributed by atoms with E-state index in [0.29, 0.717) is 6.42 Å². The summed E-state index contributed by atoms with van der Waals surface area (Å²) >= 11 is 1.51. The van der Waals surface area contributed by atoms with Gasteiger partial charge in [0.15, 0.2) is 0 Å². The molecule has 6 heteroatoms. The van der Waals surface area contributed by atoms with Crippen LogP contribution in [0.2, 0.25) is 0 Å². The quantitative estimate of drug-likeness (QED) is 0.772. The Bertz CT molecular complexity index is 355. The van der Waals surface area contributed by atoms with Gasteiger partial charge in [-0.3, -0.25) is 0 Å². The monoisotopic (exact) mass is 206 g/mol. The van der Waals surface area contributed by atoms with Crippen molar-refractivity contribution in [2.75, 3.05) is 5.75 Å². The standard InChI is InChI=1S/C6H10N2O2S2/c1-5-8-6(4-11-5)2-3-12(7,9)10/h4H,2-3H2,1H3,(H2,7,9,10). The van der Waals surface area contributed by atoms with Gasteiger partial charge in [0.25, 0.3) is 0 Å². The summed E-state index contributed by atoms with van der Waals surface area (Å²) in [5.74, 6) is -0.0316. The van der Waals surface area contributed by atoms with Crippen LogP contribution in [-0.2, 0) is 16.4 Å². The van der Waals surface area contributed by atoms with E-state index in [-0.39, 0.29) is 5.75 Å². The van der Waals surface area contributed by atoms with Gasteiger partial charge in [0.05, 0.1) is 16.5 Å². The Morgan fingerprint density at radius 3 is 2.75 bits per heavy atom. The van der Waals surface area contributed by atoms with Crippen LogP contribution in [0.25, 0.3) is 0 Å². The largest absolute Gasteiger partial charge is 0.247 e. The van der Waals surface area contributed by atoms with Gasteiger partial charge in [0, 0.05) is 11.8 Å². The molecule has 0 fully saturated rings. The van der Waals surface area contributed by atoms with Crippen molar-refractivity contribution in [3.63, 3.8) is 0 Å². The number of thiazole rings is 1. The first-order valence-corrected chi connectivity index (χ1v) is 5.98. The molecule has 0 aliphatic carbocycles. The molecule has 12 heavy (non-hydrogen) atoms. The molecule has 1 aromatic heterocycles. The highest BCUT2D eigenvalue weighted by atomic mass is 32.2. The molecule has 0 spiro atoms. The van der Waals surface area contributed by atoms with Gasteiger partial charge in [-0.25, -0.2) is 18.5 Å². The molecule has 0 aromatic carbocycles. The zero-order chi connectivity index (χ0) is 9.19. The van der Waals surface area contributed by atoms with Crippen LogP contribution in [0.15, 0.2) is 5.38 Å². The van der Waals surface area contributed by atoms with Crippen molar-refractivity contribution in [3.05, 3.63) is 16.1 Å². The summed E-state index contributed by atoms with van der Waals surface area (Å²) in [5.41, 5.74) is 0.798. The van der Waals surface area contributed by atoms with Gasteiger partial charge >= 0.3 is 0 Å². The van der Waals surface area contributed by atoms with Crippen molar-refractivity contribution < 1.29 is 8.42 Å². The van der Waals surface area contributed by atoms with Crippen molar-refractivity contribution in [2.24, 2.45) is 5.14 Å². The highest BCUT2D eigenvalue weighted by molar-refractivity contribution is 7.89. The van der Waals surface area contributed by atoms with Crippen LogP contribution in [0.1, 0.15) is 10.7 Å². The number of nitrogens with zero attached hydrogens (tertiary/aromatic N) is 1. The molecule has 0 aliphatic rings. The maximum Gasteiger partial charge on any atom is 0.209 e. The Labute approximate surface area is 75.5 Å². The molecule has 0 saturated heterocycles. The number of nitrogens with two attached hydrogens (primary N) is 1. The van der Waals surface area contributed by atoms with E-state index in [4.69, 9.17) is 5.14 Å². The van der Waals surface area contributed by atoms with Crippen LogP contribution in [0.3, 0.4) is 0 Å². The minimum Gasteiger partial charge on any atom is -0.247 e. The van der Waals surface area contributed by atoms with Crippen molar-refractivity contribution in [1.29, 1.82) is 0 Å². The lowest BCUT2D eigenvalue weighted by atomic mass is 10.4. The molecule has 4 nitrogen and oxygen atoms in total. The number of primary sulfonamides is 1. The Morgan fingerprint density at radius 2 is 2.33 bits per heavy atom. The maximum absolute atomic E-state index is 10.6. The third kappa shape index (κ3) is 3.29. The summed E-state index contributed by atoms with van der Waals surface area (Å²) in [7, 11) is -3.35. The van der Waals surface area contributed by atoms with E-state index in [0.717, 1.165) is 10.7 Å². The van der Waals surface area contributed by atoms with Gasteiger partial charge in [-0.1, -0.05) is 0 Å². The highest BCUT2D eigenvalue weighted by Gasteiger charge is 2.05. The topological polar surface area (TPSA) is 73.0 Å². The Kier molecular flexibility index (Phi) is 2.81. The molecule has 1 rings (SSSR count). The number of aryl methyl sites for hydroxylation is 2. The van der Waals surface area contributed by atoms with E-state index in [1.807, 2.05) is 12.3 Å². The van der Waals surface area contributed by atoms with E-state index in [9.17, 15) is 8.42 Å². The van der Waals surface area contributed by atoms with Crippen molar-refractivity contribution in [1.82, 2.24) is 4.98 Å². The van der Waals surface area contributed by atoms with E-state index in [2.05, 4.69) is 4.98 Å². The van der Waals surface area contributed by atoms with Crippen LogP contribution in [0.5, 0.6) is 0 Å². The van der Waals surface area contributed by atoms with Crippen LogP contribution in [0, 0.1) is 6.92 Å². The summed E-state index contributed by atoms with van der Waals surface area (Å²) in [6.07, 6.45) is 0.406. The molecule has 0 unspecified atom stereocenters. The molecule has 1 heterocycles. The number of aromatic nitrogens is 1. The highest BCUT2D eigenvalue weighted by Crippen LogP contribution is 2.08. The number of hydrogen-bond donors (Lipinski definition) is 1. The minimum absolute atomic E-state index is 0.0316. The van der Waals surface area contributed by atoms with Crippen molar-refractivity contribution in [3.8, 4) is 0 Å². The van der Waals surface area contributed by atoms with E-state index in [1.54, 1.807) is 0 Å². The van der Waals surface area contributed by atoms with Crippen molar-refractivity contribution in [2.45, 2.75) is 13.3 Å². The van der Waals surface area contributed by atoms with Crippen LogP contribution < -0.4 is 5.14 Å². The van der Waals surface area contributed by atoms with E-state index < -0.39 is 10.0 Å². The van der Waals surface area contributed by atoms with Gasteiger partial charge in [-0.05, 0) is 6.92 Å². The van der Waals surface area contributed by atoms with Crippen molar-refractivity contribution >= 4 is 21.4 Å². The molecule has 0 atom stereocenters. The molecule has 0 saturated carbocycles. The number of sulfonamides is 1. The van der Waals surface area contributed by atoms with E-state index >= 15 is 0 Å². The lowest BCUT2D eigenvalue weighted by Gasteiger charge is -1.93. The lowest BCUT2D eigenvalue weighted by Crippen LogP contribution is -2.18. The fourth-order valence-electron chi connectivity index (χ4n) is 0.770. The predicted octanol–water partition coefficient (Wildman–Crippen LogP) is 0.283. The Balaban J connectivity index is 2.55. The fraction of sp³-hybridized carbons (Fsp3) is 0.500. The Morgan fingerprint density at radius 1 is 1.67 bits per heavy atom. The first-order valence-electron chi connectivity index (χ1n) is 3.39. The van der Waals surface area contributed by atoms with Gasteiger partial charge in [-0.15, -0.1) is 11.3 Å². The van der Waals surface area contributed by atoms with Gasteiger partial charge in [-0.2, -0.15) is 0 Å². The number of rotatable bonds is 3. The van der Waals surface area contributed by atoms with E-state index in [1.165, 1.54) is 11.3 Å². The van der Waals surface area contributed by atoms with Crippen LogP contribution in [-0.4, -0.2) is 19.2 Å². The van der Waals surface area contributed by atoms with Crippen LogP contribution >= 0.6 is 11.3 Å². The molecule has 0 radical (unpaired) electrons. The molecule has 68 valence electrons. The summed E-state index contributed by atoms with van der Waals surface area (Å²) in [4.78, 5) is 4.11. The second-order valence-corrected chi connectivity index (χ2v) is 5.27. The predicted molar refractivity (Wildman–Crippen MR) is 48.5 cm³/mol. The smallest absolute Gasteiger partial charge is 0.209 e. The average molecular weight is 206 g/mol. The SMILES string of the molecule is Cc1nc(CCS(N)(=O)=O)cs1.